The maximum absolute atomic E-state index is 10.2. The second-order valence-corrected chi connectivity index (χ2v) is 3.44. The van der Waals surface area contributed by atoms with Crippen molar-refractivity contribution in [3.8, 4) is 0 Å². The first-order valence-electron chi connectivity index (χ1n) is 4.87. The molecule has 74 valence electrons. The molecular weight excluding hydrogens is 166 g/mol. The molecule has 1 atom stereocenters. The van der Waals surface area contributed by atoms with Crippen LogP contribution in [0.2, 0.25) is 0 Å². The van der Waals surface area contributed by atoms with Crippen LogP contribution in [0, 0.1) is 0 Å². The summed E-state index contributed by atoms with van der Waals surface area (Å²) < 4.78 is 0. The number of carboxylic acid groups (broad SMARTS) is 1. The number of carboxylic acids is 1. The van der Waals surface area contributed by atoms with E-state index in [-0.39, 0.29) is 0 Å². The molecule has 1 saturated heterocycles. The summed E-state index contributed by atoms with van der Waals surface area (Å²) in [7, 11) is 0. The fourth-order valence-electron chi connectivity index (χ4n) is 1.89. The van der Waals surface area contributed by atoms with Gasteiger partial charge in [0.2, 0.25) is 0 Å². The maximum Gasteiger partial charge on any atom is 0.328 e. The number of carbonyl (C=O) groups is 1. The summed E-state index contributed by atoms with van der Waals surface area (Å²) in [5, 5.41) is 8.41. The Balaban J connectivity index is 2.31. The van der Waals surface area contributed by atoms with Crippen molar-refractivity contribution in [2.45, 2.75) is 32.2 Å². The highest BCUT2D eigenvalue weighted by Gasteiger charge is 2.20. The Bertz CT molecular complexity index is 201. The van der Waals surface area contributed by atoms with Crippen molar-refractivity contribution in [3.63, 3.8) is 0 Å². The molecule has 1 heterocycles. The summed E-state index contributed by atoms with van der Waals surface area (Å²) >= 11 is 0. The van der Waals surface area contributed by atoms with Crippen LogP contribution in [0.4, 0.5) is 0 Å². The third kappa shape index (κ3) is 3.19. The zero-order valence-electron chi connectivity index (χ0n) is 8.07. The second kappa shape index (κ2) is 5.02. The molecule has 0 saturated carbocycles. The summed E-state index contributed by atoms with van der Waals surface area (Å²) in [6.45, 7) is 4.08. The number of rotatable bonds is 4. The van der Waals surface area contributed by atoms with Crippen molar-refractivity contribution < 1.29 is 9.90 Å². The van der Waals surface area contributed by atoms with E-state index in [1.807, 2.05) is 0 Å². The van der Waals surface area contributed by atoms with Crippen molar-refractivity contribution in [1.29, 1.82) is 0 Å². The number of likely N-dealkylation sites (tertiary alicyclic amines) is 1. The molecule has 0 amide bonds. The Kier molecular flexibility index (Phi) is 3.96. The molecule has 3 nitrogen and oxygen atoms in total. The van der Waals surface area contributed by atoms with Crippen LogP contribution < -0.4 is 0 Å². The molecule has 13 heavy (non-hydrogen) atoms. The minimum atomic E-state index is -0.854. The van der Waals surface area contributed by atoms with Crippen molar-refractivity contribution in [2.75, 3.05) is 13.1 Å². The Labute approximate surface area is 79.0 Å². The van der Waals surface area contributed by atoms with E-state index >= 15 is 0 Å². The highest BCUT2D eigenvalue weighted by Crippen LogP contribution is 2.18. The van der Waals surface area contributed by atoms with E-state index in [2.05, 4.69) is 11.8 Å². The smallest absolute Gasteiger partial charge is 0.328 e. The van der Waals surface area contributed by atoms with Crippen molar-refractivity contribution in [3.05, 3.63) is 12.2 Å². The molecule has 0 aliphatic carbocycles. The predicted octanol–water partition coefficient (Wildman–Crippen LogP) is 1.50. The third-order valence-electron chi connectivity index (χ3n) is 2.57. The second-order valence-electron chi connectivity index (χ2n) is 3.44. The lowest BCUT2D eigenvalue weighted by atomic mass is 10.2. The average molecular weight is 183 g/mol. The lowest BCUT2D eigenvalue weighted by molar-refractivity contribution is -0.131. The zero-order valence-corrected chi connectivity index (χ0v) is 8.07. The number of hydrogen-bond acceptors (Lipinski definition) is 2. The molecule has 1 unspecified atom stereocenters. The van der Waals surface area contributed by atoms with E-state index in [1.165, 1.54) is 25.3 Å². The molecule has 1 fully saturated rings. The Morgan fingerprint density at radius 2 is 2.46 bits per heavy atom. The fourth-order valence-corrected chi connectivity index (χ4v) is 1.89. The first-order valence-corrected chi connectivity index (χ1v) is 4.87. The van der Waals surface area contributed by atoms with Gasteiger partial charge in [0.25, 0.3) is 0 Å². The summed E-state index contributed by atoms with van der Waals surface area (Å²) in [4.78, 5) is 12.6. The highest BCUT2D eigenvalue weighted by atomic mass is 16.4. The van der Waals surface area contributed by atoms with Gasteiger partial charge in [-0.15, -0.1) is 0 Å². The van der Waals surface area contributed by atoms with Gasteiger partial charge in [-0.25, -0.2) is 4.79 Å². The van der Waals surface area contributed by atoms with Crippen LogP contribution in [0.25, 0.3) is 0 Å². The summed E-state index contributed by atoms with van der Waals surface area (Å²) in [5.74, 6) is -0.854. The zero-order chi connectivity index (χ0) is 9.68. The van der Waals surface area contributed by atoms with Crippen molar-refractivity contribution >= 4 is 5.97 Å². The molecule has 1 aliphatic rings. The topological polar surface area (TPSA) is 40.5 Å². The largest absolute Gasteiger partial charge is 0.478 e. The number of nitrogens with zero attached hydrogens (tertiary/aromatic N) is 1. The Morgan fingerprint density at radius 1 is 1.69 bits per heavy atom. The van der Waals surface area contributed by atoms with Crippen LogP contribution in [-0.2, 0) is 4.79 Å². The van der Waals surface area contributed by atoms with Crippen LogP contribution in [-0.4, -0.2) is 35.1 Å². The molecule has 0 aromatic carbocycles. The maximum atomic E-state index is 10.2. The van der Waals surface area contributed by atoms with Crippen LogP contribution in [0.15, 0.2) is 12.2 Å². The van der Waals surface area contributed by atoms with Gasteiger partial charge in [-0.2, -0.15) is 0 Å². The quantitative estimate of drug-likeness (QED) is 0.671. The van der Waals surface area contributed by atoms with E-state index in [4.69, 9.17) is 5.11 Å². The van der Waals surface area contributed by atoms with Gasteiger partial charge in [0, 0.05) is 18.7 Å². The van der Waals surface area contributed by atoms with Crippen LogP contribution in [0.5, 0.6) is 0 Å². The van der Waals surface area contributed by atoms with Gasteiger partial charge in [-0.3, -0.25) is 4.90 Å². The SMILES string of the molecule is CCC1CCCN1CC=CC(=O)O. The average Bonchev–Trinajstić information content (AvgIpc) is 2.51. The van der Waals surface area contributed by atoms with Crippen molar-refractivity contribution in [2.24, 2.45) is 0 Å². The third-order valence-corrected chi connectivity index (χ3v) is 2.57. The minimum Gasteiger partial charge on any atom is -0.478 e. The first-order chi connectivity index (χ1) is 6.24. The van der Waals surface area contributed by atoms with Gasteiger partial charge in [-0.1, -0.05) is 13.0 Å². The molecule has 1 aliphatic heterocycles. The van der Waals surface area contributed by atoms with E-state index in [9.17, 15) is 4.79 Å². The standard InChI is InChI=1S/C10H17NO2/c1-2-9-5-3-7-11(9)8-4-6-10(12)13/h4,6,9H,2-3,5,7-8H2,1H3,(H,12,13). The predicted molar refractivity (Wildman–Crippen MR) is 51.7 cm³/mol. The summed E-state index contributed by atoms with van der Waals surface area (Å²) in [6, 6.07) is 0.665. The van der Waals surface area contributed by atoms with Crippen molar-refractivity contribution in [1.82, 2.24) is 4.90 Å². The van der Waals surface area contributed by atoms with Gasteiger partial charge < -0.3 is 5.11 Å². The van der Waals surface area contributed by atoms with Crippen LogP contribution in [0.1, 0.15) is 26.2 Å². The summed E-state index contributed by atoms with van der Waals surface area (Å²) in [5.41, 5.74) is 0. The van der Waals surface area contributed by atoms with Gasteiger partial charge in [0.05, 0.1) is 0 Å². The molecule has 0 aromatic rings. The summed E-state index contributed by atoms with van der Waals surface area (Å²) in [6.07, 6.45) is 6.64. The fraction of sp³-hybridized carbons (Fsp3) is 0.700. The molecule has 0 aromatic heterocycles. The lowest BCUT2D eigenvalue weighted by Gasteiger charge is -2.21. The van der Waals surface area contributed by atoms with Gasteiger partial charge >= 0.3 is 5.97 Å². The highest BCUT2D eigenvalue weighted by molar-refractivity contribution is 5.79. The number of hydrogen-bond donors (Lipinski definition) is 1. The van der Waals surface area contributed by atoms with E-state index in [0.29, 0.717) is 6.04 Å². The van der Waals surface area contributed by atoms with E-state index < -0.39 is 5.97 Å². The molecule has 0 spiro atoms. The Hall–Kier alpha value is -0.830. The van der Waals surface area contributed by atoms with Crippen LogP contribution in [0.3, 0.4) is 0 Å². The van der Waals surface area contributed by atoms with Gasteiger partial charge in [0.1, 0.15) is 0 Å². The molecule has 3 heteroatoms. The monoisotopic (exact) mass is 183 g/mol. The minimum absolute atomic E-state index is 0.665. The number of aliphatic carboxylic acids is 1. The molecule has 0 bridgehead atoms. The van der Waals surface area contributed by atoms with Crippen LogP contribution >= 0.6 is 0 Å². The lowest BCUT2D eigenvalue weighted by Crippen LogP contribution is -2.28. The van der Waals surface area contributed by atoms with E-state index in [0.717, 1.165) is 13.1 Å². The van der Waals surface area contributed by atoms with Gasteiger partial charge in [-0.05, 0) is 25.8 Å². The Morgan fingerprint density at radius 3 is 3.08 bits per heavy atom. The molecule has 0 radical (unpaired) electrons. The molecular formula is C10H17NO2. The molecule has 1 rings (SSSR count). The van der Waals surface area contributed by atoms with Gasteiger partial charge in [0.15, 0.2) is 0 Å². The normalized spacial score (nSPS) is 24.2. The first kappa shape index (κ1) is 10.3. The molecule has 1 N–H and O–H groups in total. The van der Waals surface area contributed by atoms with E-state index in [1.54, 1.807) is 6.08 Å².